The van der Waals surface area contributed by atoms with Gasteiger partial charge in [-0.1, -0.05) is 60.7 Å². The van der Waals surface area contributed by atoms with Crippen molar-refractivity contribution in [2.24, 2.45) is 0 Å². The summed E-state index contributed by atoms with van der Waals surface area (Å²) >= 11 is 0. The van der Waals surface area contributed by atoms with E-state index in [1.165, 1.54) is 5.06 Å². The molecule has 0 radical (unpaired) electrons. The molecular weight excluding hydrogens is 462 g/mol. The fourth-order valence-corrected chi connectivity index (χ4v) is 3.67. The number of aromatic nitrogens is 2. The Bertz CT molecular complexity index is 1140. The van der Waals surface area contributed by atoms with Gasteiger partial charge in [-0.15, -0.1) is 5.06 Å². The molecular formula is C26H27N5O5. The minimum absolute atomic E-state index is 0.170. The number of piperazine rings is 1. The zero-order valence-corrected chi connectivity index (χ0v) is 19.9. The van der Waals surface area contributed by atoms with E-state index in [4.69, 9.17) is 9.57 Å². The second-order valence-corrected chi connectivity index (χ2v) is 7.96. The van der Waals surface area contributed by atoms with Crippen LogP contribution in [0.15, 0.2) is 66.7 Å². The van der Waals surface area contributed by atoms with Gasteiger partial charge in [0.1, 0.15) is 5.69 Å². The van der Waals surface area contributed by atoms with Gasteiger partial charge in [-0.2, -0.15) is 0 Å². The first kappa shape index (κ1) is 24.8. The minimum atomic E-state index is -0.765. The summed E-state index contributed by atoms with van der Waals surface area (Å²) in [6.45, 7) is 3.16. The molecule has 1 aliphatic rings. The molecule has 1 aromatic heterocycles. The minimum Gasteiger partial charge on any atom is -0.433 e. The maximum Gasteiger partial charge on any atom is 0.527 e. The van der Waals surface area contributed by atoms with Crippen molar-refractivity contribution in [3.8, 4) is 22.6 Å². The van der Waals surface area contributed by atoms with Gasteiger partial charge in [0.2, 0.25) is 5.91 Å². The lowest BCUT2D eigenvalue weighted by molar-refractivity contribution is -0.155. The Balaban J connectivity index is 1.41. The lowest BCUT2D eigenvalue weighted by Gasteiger charge is -2.33. The molecule has 4 rings (SSSR count). The van der Waals surface area contributed by atoms with E-state index in [0.29, 0.717) is 37.7 Å². The summed E-state index contributed by atoms with van der Waals surface area (Å²) in [4.78, 5) is 52.9. The maximum atomic E-state index is 13.0. The summed E-state index contributed by atoms with van der Waals surface area (Å²) in [6.07, 6.45) is -0.765. The molecule has 0 bridgehead atoms. The van der Waals surface area contributed by atoms with Crippen molar-refractivity contribution in [2.45, 2.75) is 6.92 Å². The summed E-state index contributed by atoms with van der Waals surface area (Å²) in [5.41, 5.74) is 2.41. The molecule has 0 saturated carbocycles. The van der Waals surface area contributed by atoms with Gasteiger partial charge in [-0.25, -0.2) is 14.8 Å². The van der Waals surface area contributed by atoms with Gasteiger partial charge < -0.3 is 19.8 Å². The Kier molecular flexibility index (Phi) is 8.20. The van der Waals surface area contributed by atoms with E-state index in [1.807, 2.05) is 60.7 Å². The van der Waals surface area contributed by atoms with Gasteiger partial charge in [-0.05, 0) is 13.0 Å². The van der Waals surface area contributed by atoms with Crippen LogP contribution in [0, 0.1) is 0 Å². The molecule has 2 aromatic carbocycles. The normalized spacial score (nSPS) is 13.6. The van der Waals surface area contributed by atoms with E-state index >= 15 is 0 Å². The first-order chi connectivity index (χ1) is 17.5. The molecule has 36 heavy (non-hydrogen) atoms. The number of hydrogen-bond acceptors (Lipinski definition) is 8. The number of benzene rings is 2. The fraction of sp³-hybridized carbons (Fsp3) is 0.269. The fourth-order valence-electron chi connectivity index (χ4n) is 3.67. The van der Waals surface area contributed by atoms with Crippen LogP contribution in [0.5, 0.6) is 0 Å². The highest BCUT2D eigenvalue weighted by Gasteiger charge is 2.24. The molecule has 1 N–H and O–H groups in total. The Morgan fingerprint density at radius 3 is 2.17 bits per heavy atom. The van der Waals surface area contributed by atoms with Crippen molar-refractivity contribution in [1.82, 2.24) is 25.2 Å². The quantitative estimate of drug-likeness (QED) is 0.504. The summed E-state index contributed by atoms with van der Waals surface area (Å²) in [5.74, 6) is -0.282. The zero-order valence-electron chi connectivity index (χ0n) is 19.9. The van der Waals surface area contributed by atoms with E-state index < -0.39 is 12.1 Å². The number of nitrogens with zero attached hydrogens (tertiary/aromatic N) is 4. The number of hydrogen-bond donors (Lipinski definition) is 1. The second-order valence-electron chi connectivity index (χ2n) is 7.96. The van der Waals surface area contributed by atoms with Gasteiger partial charge in [-0.3, -0.25) is 9.59 Å². The van der Waals surface area contributed by atoms with Crippen LogP contribution in [0.4, 0.5) is 4.79 Å². The lowest BCUT2D eigenvalue weighted by atomic mass is 10.1. The van der Waals surface area contributed by atoms with E-state index in [0.717, 1.165) is 11.1 Å². The summed E-state index contributed by atoms with van der Waals surface area (Å²) < 4.78 is 4.76. The van der Waals surface area contributed by atoms with Crippen molar-refractivity contribution >= 4 is 18.0 Å². The molecule has 2 heterocycles. The molecule has 1 aliphatic heterocycles. The van der Waals surface area contributed by atoms with Gasteiger partial charge in [0.15, 0.2) is 5.82 Å². The van der Waals surface area contributed by atoms with Crippen LogP contribution in [0.25, 0.3) is 22.6 Å². The van der Waals surface area contributed by atoms with E-state index in [1.54, 1.807) is 17.9 Å². The third-order valence-corrected chi connectivity index (χ3v) is 5.52. The van der Waals surface area contributed by atoms with Crippen LogP contribution >= 0.6 is 0 Å². The molecule has 3 aromatic rings. The Morgan fingerprint density at radius 1 is 0.889 bits per heavy atom. The Hall–Kier alpha value is -4.31. The number of nitrogens with one attached hydrogen (secondary N) is 1. The lowest BCUT2D eigenvalue weighted by Crippen LogP contribution is -2.51. The number of carbonyl (C=O) groups excluding carboxylic acids is 3. The predicted octanol–water partition coefficient (Wildman–Crippen LogP) is 2.77. The summed E-state index contributed by atoms with van der Waals surface area (Å²) in [7, 11) is 0. The highest BCUT2D eigenvalue weighted by atomic mass is 16.8. The molecule has 0 atom stereocenters. The van der Waals surface area contributed by atoms with E-state index in [-0.39, 0.29) is 24.8 Å². The molecule has 186 valence electrons. The molecule has 10 nitrogen and oxygen atoms in total. The van der Waals surface area contributed by atoms with Crippen LogP contribution in [0.3, 0.4) is 0 Å². The molecule has 0 unspecified atom stereocenters. The number of hydroxylamine groups is 2. The molecule has 0 spiro atoms. The van der Waals surface area contributed by atoms with Gasteiger partial charge in [0.05, 0.1) is 31.9 Å². The average molecular weight is 490 g/mol. The topological polar surface area (TPSA) is 114 Å². The third kappa shape index (κ3) is 6.42. The van der Waals surface area contributed by atoms with Crippen molar-refractivity contribution in [3.63, 3.8) is 0 Å². The highest BCUT2D eigenvalue weighted by molar-refractivity contribution is 5.96. The molecule has 10 heteroatoms. The van der Waals surface area contributed by atoms with Gasteiger partial charge in [0.25, 0.3) is 5.91 Å². The van der Waals surface area contributed by atoms with Crippen LogP contribution < -0.4 is 5.32 Å². The first-order valence-electron chi connectivity index (χ1n) is 11.7. The zero-order chi connectivity index (χ0) is 25.3. The first-order valence-corrected chi connectivity index (χ1v) is 11.7. The monoisotopic (exact) mass is 489 g/mol. The predicted molar refractivity (Wildman–Crippen MR) is 131 cm³/mol. The Labute approximate surface area is 208 Å². The van der Waals surface area contributed by atoms with Crippen LogP contribution in [-0.2, 0) is 14.4 Å². The second kappa shape index (κ2) is 11.9. The SMILES string of the molecule is CCOC(=O)ON1CCN(C(=O)CNC(=O)c2cc(-c3ccccc3)nc(-c3ccccc3)n2)CC1. The highest BCUT2D eigenvalue weighted by Crippen LogP contribution is 2.22. The number of rotatable bonds is 7. The maximum absolute atomic E-state index is 13.0. The number of amides is 2. The summed E-state index contributed by atoms with van der Waals surface area (Å²) in [6, 6.07) is 20.5. The molecule has 0 aliphatic carbocycles. The Morgan fingerprint density at radius 2 is 1.53 bits per heavy atom. The molecule has 1 fully saturated rings. The largest absolute Gasteiger partial charge is 0.527 e. The van der Waals surface area contributed by atoms with Crippen LogP contribution in [-0.4, -0.2) is 77.2 Å². The summed E-state index contributed by atoms with van der Waals surface area (Å²) in [5, 5.41) is 4.13. The average Bonchev–Trinajstić information content (AvgIpc) is 2.93. The van der Waals surface area contributed by atoms with Gasteiger partial charge in [0, 0.05) is 24.2 Å². The smallest absolute Gasteiger partial charge is 0.433 e. The van der Waals surface area contributed by atoms with Crippen molar-refractivity contribution < 1.29 is 24.0 Å². The number of carbonyl (C=O) groups is 3. The third-order valence-electron chi connectivity index (χ3n) is 5.52. The number of ether oxygens (including phenoxy) is 1. The standard InChI is InChI=1S/C26H27N5O5/c1-2-35-26(34)36-31-15-13-30(14-16-31)23(32)18-27-25(33)22-17-21(19-9-5-3-6-10-19)28-24(29-22)20-11-7-4-8-12-20/h3-12,17H,2,13-16,18H2,1H3,(H,27,33). The van der Waals surface area contributed by atoms with Crippen molar-refractivity contribution in [2.75, 3.05) is 39.3 Å². The van der Waals surface area contributed by atoms with Crippen LogP contribution in [0.2, 0.25) is 0 Å². The van der Waals surface area contributed by atoms with Crippen molar-refractivity contribution in [1.29, 1.82) is 0 Å². The molecule has 1 saturated heterocycles. The van der Waals surface area contributed by atoms with Gasteiger partial charge >= 0.3 is 6.16 Å². The van der Waals surface area contributed by atoms with E-state index in [2.05, 4.69) is 15.3 Å². The molecule has 2 amide bonds. The van der Waals surface area contributed by atoms with Crippen molar-refractivity contribution in [3.05, 3.63) is 72.4 Å². The van der Waals surface area contributed by atoms with Crippen LogP contribution in [0.1, 0.15) is 17.4 Å². The van der Waals surface area contributed by atoms with E-state index in [9.17, 15) is 14.4 Å².